The summed E-state index contributed by atoms with van der Waals surface area (Å²) in [5, 5.41) is 23.3. The Morgan fingerprint density at radius 2 is 1.67 bits per heavy atom. The summed E-state index contributed by atoms with van der Waals surface area (Å²) >= 11 is 0. The van der Waals surface area contributed by atoms with Crippen LogP contribution in [0.5, 0.6) is 17.2 Å². The van der Waals surface area contributed by atoms with Crippen molar-refractivity contribution < 1.29 is 37.6 Å². The van der Waals surface area contributed by atoms with Gasteiger partial charge in [-0.25, -0.2) is 13.2 Å². The van der Waals surface area contributed by atoms with Crippen molar-refractivity contribution in [2.75, 3.05) is 43.9 Å². The summed E-state index contributed by atoms with van der Waals surface area (Å²) in [5.74, 6) is 0.489. The Labute approximate surface area is 228 Å². The van der Waals surface area contributed by atoms with Crippen LogP contribution in [-0.4, -0.2) is 63.8 Å². The number of nitrogens with one attached hydrogen (secondary N) is 2. The number of carbonyl (C=O) groups excluding carboxylic acids is 1. The molecular formula is C28H34N2O8S. The second-order valence-electron chi connectivity index (χ2n) is 8.61. The summed E-state index contributed by atoms with van der Waals surface area (Å²) in [6, 6.07) is 17.1. The van der Waals surface area contributed by atoms with E-state index in [0.717, 1.165) is 17.4 Å². The van der Waals surface area contributed by atoms with Gasteiger partial charge >= 0.3 is 5.97 Å². The molecule has 1 atom stereocenters. The van der Waals surface area contributed by atoms with Crippen LogP contribution in [-0.2, 0) is 14.8 Å². The van der Waals surface area contributed by atoms with Gasteiger partial charge in [0.1, 0.15) is 29.4 Å². The number of hydrogen-bond acceptors (Lipinski definition) is 9. The molecule has 0 spiro atoms. The van der Waals surface area contributed by atoms with E-state index in [1.807, 2.05) is 43.3 Å². The van der Waals surface area contributed by atoms with E-state index in [0.29, 0.717) is 42.4 Å². The fourth-order valence-electron chi connectivity index (χ4n) is 3.74. The Bertz CT molecular complexity index is 1360. The largest absolute Gasteiger partial charge is 0.506 e. The molecule has 0 bridgehead atoms. The lowest BCUT2D eigenvalue weighted by molar-refractivity contribution is 0.0522. The molecule has 0 aliphatic carbocycles. The number of anilines is 1. The highest BCUT2D eigenvalue weighted by molar-refractivity contribution is 7.92. The Morgan fingerprint density at radius 3 is 2.33 bits per heavy atom. The third-order valence-corrected chi connectivity index (χ3v) is 6.14. The standard InChI is InChI=1S/C28H34N2O8S/c1-4-36-27-17-20(8-12-23(27)28(33)37-5-2)19-6-10-22(11-7-19)38-15-14-29-18-26(32)21-9-13-25(31)24(16-21)30-39(3,34)35/h6-13,16-17,26,29-32H,4-5,14-15,18H2,1-3H3/t26-/m0/s1. The molecule has 0 aliphatic heterocycles. The fraction of sp³-hybridized carbons (Fsp3) is 0.321. The Morgan fingerprint density at radius 1 is 0.949 bits per heavy atom. The van der Waals surface area contributed by atoms with Gasteiger partial charge < -0.3 is 29.7 Å². The Hall–Kier alpha value is -3.80. The van der Waals surface area contributed by atoms with E-state index in [1.165, 1.54) is 18.2 Å². The predicted molar refractivity (Wildman–Crippen MR) is 149 cm³/mol. The van der Waals surface area contributed by atoms with Crippen molar-refractivity contribution in [2.45, 2.75) is 20.0 Å². The van der Waals surface area contributed by atoms with Gasteiger partial charge in [0.05, 0.1) is 31.3 Å². The number of phenols is 1. The molecule has 4 N–H and O–H groups in total. The van der Waals surface area contributed by atoms with Crippen LogP contribution in [0.2, 0.25) is 0 Å². The molecule has 11 heteroatoms. The van der Waals surface area contributed by atoms with Crippen LogP contribution in [0.15, 0.2) is 60.7 Å². The number of esters is 1. The van der Waals surface area contributed by atoms with Crippen LogP contribution >= 0.6 is 0 Å². The first-order valence-electron chi connectivity index (χ1n) is 12.5. The van der Waals surface area contributed by atoms with Crippen LogP contribution in [0.3, 0.4) is 0 Å². The van der Waals surface area contributed by atoms with Crippen molar-refractivity contribution in [2.24, 2.45) is 0 Å². The SMILES string of the molecule is CCOC(=O)c1ccc(-c2ccc(OCCNC[C@H](O)c3ccc(O)c(NS(C)(=O)=O)c3)cc2)cc1OCC. The minimum atomic E-state index is -3.57. The molecule has 0 radical (unpaired) electrons. The van der Waals surface area contributed by atoms with Crippen molar-refractivity contribution in [3.63, 3.8) is 0 Å². The quantitative estimate of drug-likeness (QED) is 0.132. The smallest absolute Gasteiger partial charge is 0.341 e. The van der Waals surface area contributed by atoms with E-state index in [1.54, 1.807) is 13.0 Å². The van der Waals surface area contributed by atoms with Gasteiger partial charge in [-0.1, -0.05) is 24.3 Å². The van der Waals surface area contributed by atoms with Crippen molar-refractivity contribution in [1.82, 2.24) is 5.32 Å². The van der Waals surface area contributed by atoms with Crippen LogP contribution in [0.1, 0.15) is 35.9 Å². The van der Waals surface area contributed by atoms with Crippen LogP contribution in [0.25, 0.3) is 11.1 Å². The van der Waals surface area contributed by atoms with Crippen molar-refractivity contribution in [1.29, 1.82) is 0 Å². The molecule has 3 aromatic carbocycles. The molecule has 10 nitrogen and oxygen atoms in total. The van der Waals surface area contributed by atoms with Crippen molar-refractivity contribution in [3.05, 3.63) is 71.8 Å². The van der Waals surface area contributed by atoms with Crippen molar-refractivity contribution >= 4 is 21.7 Å². The molecule has 0 saturated carbocycles. The highest BCUT2D eigenvalue weighted by Crippen LogP contribution is 2.30. The molecule has 0 heterocycles. The molecule has 0 amide bonds. The first-order chi connectivity index (χ1) is 18.6. The van der Waals surface area contributed by atoms with E-state index >= 15 is 0 Å². The Kier molecular flexibility index (Phi) is 10.6. The third kappa shape index (κ3) is 8.88. The molecular weight excluding hydrogens is 524 g/mol. The maximum Gasteiger partial charge on any atom is 0.341 e. The van der Waals surface area contributed by atoms with Gasteiger partial charge in [0.25, 0.3) is 0 Å². The maximum atomic E-state index is 12.2. The van der Waals surface area contributed by atoms with Crippen LogP contribution in [0.4, 0.5) is 5.69 Å². The monoisotopic (exact) mass is 558 g/mol. The molecule has 0 aromatic heterocycles. The highest BCUT2D eigenvalue weighted by Gasteiger charge is 2.15. The molecule has 0 aliphatic rings. The summed E-state index contributed by atoms with van der Waals surface area (Å²) in [7, 11) is -3.57. The molecule has 3 aromatic rings. The number of hydrogen-bond donors (Lipinski definition) is 4. The van der Waals surface area contributed by atoms with Gasteiger partial charge in [-0.15, -0.1) is 0 Å². The lowest BCUT2D eigenvalue weighted by Crippen LogP contribution is -2.26. The number of aliphatic hydroxyl groups excluding tert-OH is 1. The number of sulfonamides is 1. The summed E-state index contributed by atoms with van der Waals surface area (Å²) in [4.78, 5) is 12.2. The zero-order valence-corrected chi connectivity index (χ0v) is 23.0. The average Bonchev–Trinajstić information content (AvgIpc) is 2.89. The number of aliphatic hydroxyl groups is 1. The summed E-state index contributed by atoms with van der Waals surface area (Å²) in [6.45, 7) is 5.33. The average molecular weight is 559 g/mol. The number of carbonyl (C=O) groups is 1. The maximum absolute atomic E-state index is 12.2. The number of rotatable bonds is 14. The number of aromatic hydroxyl groups is 1. The molecule has 39 heavy (non-hydrogen) atoms. The lowest BCUT2D eigenvalue weighted by Gasteiger charge is -2.15. The molecule has 0 unspecified atom stereocenters. The lowest BCUT2D eigenvalue weighted by atomic mass is 10.0. The van der Waals surface area contributed by atoms with Gasteiger partial charge in [-0.3, -0.25) is 4.72 Å². The van der Waals surface area contributed by atoms with Gasteiger partial charge in [0.15, 0.2) is 0 Å². The topological polar surface area (TPSA) is 143 Å². The van der Waals surface area contributed by atoms with Crippen molar-refractivity contribution in [3.8, 4) is 28.4 Å². The molecule has 0 fully saturated rings. The molecule has 210 valence electrons. The van der Waals surface area contributed by atoms with Gasteiger partial charge in [0, 0.05) is 13.1 Å². The Balaban J connectivity index is 1.51. The highest BCUT2D eigenvalue weighted by atomic mass is 32.2. The fourth-order valence-corrected chi connectivity index (χ4v) is 4.30. The summed E-state index contributed by atoms with van der Waals surface area (Å²) in [5.41, 5.74) is 2.66. The van der Waals surface area contributed by atoms with E-state index in [-0.39, 0.29) is 24.6 Å². The second-order valence-corrected chi connectivity index (χ2v) is 10.4. The minimum absolute atomic E-state index is 0.00452. The summed E-state index contributed by atoms with van der Waals surface area (Å²) in [6.07, 6.45) is 0.0648. The van der Waals surface area contributed by atoms with E-state index in [2.05, 4.69) is 10.0 Å². The normalized spacial score (nSPS) is 12.0. The summed E-state index contributed by atoms with van der Waals surface area (Å²) < 4.78 is 41.6. The van der Waals surface area contributed by atoms with E-state index < -0.39 is 22.1 Å². The van der Waals surface area contributed by atoms with Gasteiger partial charge in [-0.05, 0) is 66.9 Å². The van der Waals surface area contributed by atoms with Gasteiger partial charge in [-0.2, -0.15) is 0 Å². The first-order valence-corrected chi connectivity index (χ1v) is 14.4. The number of ether oxygens (including phenoxy) is 3. The van der Waals surface area contributed by atoms with Gasteiger partial charge in [0.2, 0.25) is 10.0 Å². The van der Waals surface area contributed by atoms with E-state index in [4.69, 9.17) is 14.2 Å². The predicted octanol–water partition coefficient (Wildman–Crippen LogP) is 3.71. The second kappa shape index (κ2) is 13.8. The van der Waals surface area contributed by atoms with E-state index in [9.17, 15) is 23.4 Å². The third-order valence-electron chi connectivity index (χ3n) is 5.55. The number of phenolic OH excluding ortho intramolecular Hbond substituents is 1. The zero-order valence-electron chi connectivity index (χ0n) is 22.1. The molecule has 3 rings (SSSR count). The number of benzene rings is 3. The molecule has 0 saturated heterocycles. The first kappa shape index (κ1) is 29.8. The van der Waals surface area contributed by atoms with Crippen LogP contribution in [0, 0.1) is 0 Å². The minimum Gasteiger partial charge on any atom is -0.506 e. The zero-order chi connectivity index (χ0) is 28.4. The van der Waals surface area contributed by atoms with Crippen LogP contribution < -0.4 is 19.5 Å².